The SMILES string of the molecule is Cc1nn(C)c(Cl)c1C=CC(=O)OCc1cc(-c2ccccc2)no1. The van der Waals surface area contributed by atoms with Crippen LogP contribution in [0.3, 0.4) is 0 Å². The van der Waals surface area contributed by atoms with Gasteiger partial charge in [0.1, 0.15) is 10.8 Å². The molecule has 0 saturated heterocycles. The van der Waals surface area contributed by atoms with Gasteiger partial charge in [-0.1, -0.05) is 47.1 Å². The lowest BCUT2D eigenvalue weighted by molar-refractivity contribution is -0.139. The standard InChI is InChI=1S/C18H16ClN3O3/c1-12-15(18(19)22(2)20-12)8-9-17(23)24-11-14-10-16(21-25-14)13-6-4-3-5-7-13/h3-10H,11H2,1-2H3. The largest absolute Gasteiger partial charge is 0.454 e. The second kappa shape index (κ2) is 7.36. The van der Waals surface area contributed by atoms with Crippen molar-refractivity contribution in [2.75, 3.05) is 0 Å². The highest BCUT2D eigenvalue weighted by Gasteiger charge is 2.10. The monoisotopic (exact) mass is 357 g/mol. The van der Waals surface area contributed by atoms with Crippen LogP contribution in [0.1, 0.15) is 17.0 Å². The molecule has 0 amide bonds. The van der Waals surface area contributed by atoms with Gasteiger partial charge in [0.15, 0.2) is 12.4 Å². The zero-order chi connectivity index (χ0) is 17.8. The number of aryl methyl sites for hydroxylation is 2. The minimum atomic E-state index is -0.503. The Bertz CT molecular complexity index is 913. The number of benzene rings is 1. The lowest BCUT2D eigenvalue weighted by atomic mass is 10.1. The number of hydrogen-bond acceptors (Lipinski definition) is 5. The van der Waals surface area contributed by atoms with Crippen molar-refractivity contribution < 1.29 is 14.1 Å². The minimum absolute atomic E-state index is 0.00274. The predicted octanol–water partition coefficient (Wildman–Crippen LogP) is 3.79. The Hall–Kier alpha value is -2.86. The van der Waals surface area contributed by atoms with Gasteiger partial charge in [0, 0.05) is 30.3 Å². The summed E-state index contributed by atoms with van der Waals surface area (Å²) in [7, 11) is 1.74. The van der Waals surface area contributed by atoms with E-state index in [0.717, 1.165) is 11.3 Å². The molecule has 2 aromatic heterocycles. The van der Waals surface area contributed by atoms with Crippen LogP contribution in [0, 0.1) is 6.92 Å². The molecule has 0 aliphatic carbocycles. The topological polar surface area (TPSA) is 70.2 Å². The maximum Gasteiger partial charge on any atom is 0.331 e. The van der Waals surface area contributed by atoms with Gasteiger partial charge >= 0.3 is 5.97 Å². The number of halogens is 1. The van der Waals surface area contributed by atoms with E-state index in [1.807, 2.05) is 37.3 Å². The molecule has 1 aromatic carbocycles. The molecule has 6 nitrogen and oxygen atoms in total. The molecule has 3 aromatic rings. The summed E-state index contributed by atoms with van der Waals surface area (Å²) in [5.74, 6) is -0.0341. The Morgan fingerprint density at radius 1 is 1.36 bits per heavy atom. The van der Waals surface area contributed by atoms with Crippen molar-refractivity contribution in [3.63, 3.8) is 0 Å². The molecular weight excluding hydrogens is 342 g/mol. The number of ether oxygens (including phenoxy) is 1. The van der Waals surface area contributed by atoms with E-state index in [1.165, 1.54) is 6.08 Å². The fraction of sp³-hybridized carbons (Fsp3) is 0.167. The summed E-state index contributed by atoms with van der Waals surface area (Å²) >= 11 is 6.11. The van der Waals surface area contributed by atoms with Gasteiger partial charge in [-0.15, -0.1) is 0 Å². The van der Waals surface area contributed by atoms with Crippen molar-refractivity contribution in [1.82, 2.24) is 14.9 Å². The quantitative estimate of drug-likeness (QED) is 0.513. The molecule has 0 radical (unpaired) electrons. The fourth-order valence-corrected chi connectivity index (χ4v) is 2.54. The van der Waals surface area contributed by atoms with E-state index in [1.54, 1.807) is 23.9 Å². The first-order valence-corrected chi connectivity index (χ1v) is 7.97. The lowest BCUT2D eigenvalue weighted by Crippen LogP contribution is -1.99. The van der Waals surface area contributed by atoms with Crippen LogP contribution < -0.4 is 0 Å². The van der Waals surface area contributed by atoms with Gasteiger partial charge in [0.25, 0.3) is 0 Å². The Kier molecular flexibility index (Phi) is 5.00. The molecule has 25 heavy (non-hydrogen) atoms. The van der Waals surface area contributed by atoms with E-state index in [-0.39, 0.29) is 6.61 Å². The molecule has 0 N–H and O–H groups in total. The van der Waals surface area contributed by atoms with E-state index in [9.17, 15) is 4.79 Å². The third-order valence-electron chi connectivity index (χ3n) is 3.57. The van der Waals surface area contributed by atoms with Gasteiger partial charge in [-0.3, -0.25) is 4.68 Å². The zero-order valence-electron chi connectivity index (χ0n) is 13.8. The summed E-state index contributed by atoms with van der Waals surface area (Å²) in [6.45, 7) is 1.82. The van der Waals surface area contributed by atoms with E-state index in [4.69, 9.17) is 20.9 Å². The Balaban J connectivity index is 1.59. The molecule has 0 aliphatic heterocycles. The van der Waals surface area contributed by atoms with Crippen LogP contribution in [0.2, 0.25) is 5.15 Å². The maximum absolute atomic E-state index is 11.9. The van der Waals surface area contributed by atoms with Gasteiger partial charge in [-0.2, -0.15) is 5.10 Å². The first-order valence-electron chi connectivity index (χ1n) is 7.59. The Morgan fingerprint density at radius 2 is 2.12 bits per heavy atom. The normalized spacial score (nSPS) is 11.2. The van der Waals surface area contributed by atoms with Crippen LogP contribution in [0.5, 0.6) is 0 Å². The average Bonchev–Trinajstić information content (AvgIpc) is 3.18. The molecule has 7 heteroatoms. The lowest BCUT2D eigenvalue weighted by Gasteiger charge is -1.97. The molecule has 0 atom stereocenters. The van der Waals surface area contributed by atoms with Crippen LogP contribution in [0.15, 0.2) is 47.0 Å². The smallest absolute Gasteiger partial charge is 0.331 e. The molecule has 0 unspecified atom stereocenters. The third-order valence-corrected chi connectivity index (χ3v) is 4.02. The van der Waals surface area contributed by atoms with Crippen molar-refractivity contribution in [3.05, 3.63) is 64.6 Å². The van der Waals surface area contributed by atoms with Crippen molar-refractivity contribution >= 4 is 23.6 Å². The number of aromatic nitrogens is 3. The molecule has 0 saturated carbocycles. The molecular formula is C18H16ClN3O3. The van der Waals surface area contributed by atoms with E-state index < -0.39 is 5.97 Å². The first-order chi connectivity index (χ1) is 12.0. The van der Waals surface area contributed by atoms with Crippen molar-refractivity contribution in [2.24, 2.45) is 7.05 Å². The van der Waals surface area contributed by atoms with Crippen molar-refractivity contribution in [3.8, 4) is 11.3 Å². The van der Waals surface area contributed by atoms with E-state index in [2.05, 4.69) is 10.3 Å². The highest BCUT2D eigenvalue weighted by atomic mass is 35.5. The summed E-state index contributed by atoms with van der Waals surface area (Å²) in [5.41, 5.74) is 3.05. The van der Waals surface area contributed by atoms with E-state index >= 15 is 0 Å². The van der Waals surface area contributed by atoms with Crippen LogP contribution >= 0.6 is 11.6 Å². The van der Waals surface area contributed by atoms with Gasteiger partial charge in [-0.05, 0) is 13.0 Å². The Labute approximate surface area is 149 Å². The number of carbonyl (C=O) groups is 1. The van der Waals surface area contributed by atoms with Gasteiger partial charge in [0.05, 0.1) is 5.69 Å². The third kappa shape index (κ3) is 3.97. The zero-order valence-corrected chi connectivity index (χ0v) is 14.5. The van der Waals surface area contributed by atoms with Crippen molar-refractivity contribution in [2.45, 2.75) is 13.5 Å². The molecule has 0 bridgehead atoms. The second-order valence-corrected chi connectivity index (χ2v) is 5.76. The number of carbonyl (C=O) groups excluding carboxylic acids is 1. The van der Waals surface area contributed by atoms with E-state index in [0.29, 0.717) is 22.2 Å². The molecule has 0 aliphatic rings. The Morgan fingerprint density at radius 3 is 2.80 bits per heavy atom. The number of rotatable bonds is 5. The van der Waals surface area contributed by atoms with Crippen LogP contribution in [0.4, 0.5) is 0 Å². The predicted molar refractivity (Wildman–Crippen MR) is 93.7 cm³/mol. The number of nitrogens with zero attached hydrogens (tertiary/aromatic N) is 3. The highest BCUT2D eigenvalue weighted by Crippen LogP contribution is 2.21. The van der Waals surface area contributed by atoms with Crippen LogP contribution in [-0.4, -0.2) is 20.9 Å². The van der Waals surface area contributed by atoms with Gasteiger partial charge in [-0.25, -0.2) is 4.79 Å². The number of esters is 1. The van der Waals surface area contributed by atoms with Crippen molar-refractivity contribution in [1.29, 1.82) is 0 Å². The maximum atomic E-state index is 11.9. The van der Waals surface area contributed by atoms with Crippen LogP contribution in [0.25, 0.3) is 17.3 Å². The molecule has 2 heterocycles. The summed E-state index contributed by atoms with van der Waals surface area (Å²) in [5, 5.41) is 8.61. The molecule has 128 valence electrons. The highest BCUT2D eigenvalue weighted by molar-refractivity contribution is 6.31. The van der Waals surface area contributed by atoms with Crippen LogP contribution in [-0.2, 0) is 23.2 Å². The molecule has 0 fully saturated rings. The number of hydrogen-bond donors (Lipinski definition) is 0. The fourth-order valence-electron chi connectivity index (χ4n) is 2.30. The molecule has 0 spiro atoms. The first kappa shape index (κ1) is 17.0. The summed E-state index contributed by atoms with van der Waals surface area (Å²) < 4.78 is 11.9. The summed E-state index contributed by atoms with van der Waals surface area (Å²) in [4.78, 5) is 11.9. The summed E-state index contributed by atoms with van der Waals surface area (Å²) in [6, 6.07) is 11.4. The average molecular weight is 358 g/mol. The summed E-state index contributed by atoms with van der Waals surface area (Å²) in [6.07, 6.45) is 2.90. The second-order valence-electron chi connectivity index (χ2n) is 5.40. The van der Waals surface area contributed by atoms with Gasteiger partial charge < -0.3 is 9.26 Å². The minimum Gasteiger partial charge on any atom is -0.454 e. The molecule has 3 rings (SSSR count). The van der Waals surface area contributed by atoms with Gasteiger partial charge in [0.2, 0.25) is 0 Å².